The van der Waals surface area contributed by atoms with Crippen molar-refractivity contribution >= 4 is 0 Å². The molecule has 0 heterocycles. The van der Waals surface area contributed by atoms with Gasteiger partial charge in [-0.3, -0.25) is 0 Å². The first-order valence-corrected chi connectivity index (χ1v) is 3.46. The molecule has 0 aliphatic heterocycles. The minimum Gasteiger partial charge on any atom is -0.313 e. The van der Waals surface area contributed by atoms with Gasteiger partial charge in [0.15, 0.2) is 0 Å². The zero-order chi connectivity index (χ0) is 5.82. The summed E-state index contributed by atoms with van der Waals surface area (Å²) >= 11 is 0. The van der Waals surface area contributed by atoms with E-state index in [2.05, 4.69) is 5.32 Å². The summed E-state index contributed by atoms with van der Waals surface area (Å²) in [4.78, 5) is 0. The van der Waals surface area contributed by atoms with Crippen molar-refractivity contribution in [3.8, 4) is 0 Å². The third-order valence-corrected chi connectivity index (χ3v) is 1.81. The molecular weight excluding hydrogens is 98.1 g/mol. The van der Waals surface area contributed by atoms with Crippen molar-refractivity contribution in [2.24, 2.45) is 0 Å². The number of nitrogens with one attached hydrogen (secondary N) is 1. The van der Waals surface area contributed by atoms with Crippen molar-refractivity contribution in [1.29, 1.82) is 0 Å². The molecule has 8 heavy (non-hydrogen) atoms. The Morgan fingerprint density at radius 1 is 1.12 bits per heavy atom. The molecule has 1 saturated carbocycles. The van der Waals surface area contributed by atoms with Gasteiger partial charge in [-0.25, -0.2) is 0 Å². The van der Waals surface area contributed by atoms with Gasteiger partial charge in [-0.2, -0.15) is 0 Å². The van der Waals surface area contributed by atoms with Crippen LogP contribution in [0.15, 0.2) is 0 Å². The monoisotopic (exact) mass is 112 g/mol. The van der Waals surface area contributed by atoms with Gasteiger partial charge in [0.05, 0.1) is 0 Å². The molecule has 1 N–H and O–H groups in total. The molecule has 0 aromatic carbocycles. The van der Waals surface area contributed by atoms with E-state index >= 15 is 0 Å². The molecule has 0 aromatic rings. The summed E-state index contributed by atoms with van der Waals surface area (Å²) in [5.41, 5.74) is 0. The van der Waals surface area contributed by atoms with Crippen LogP contribution < -0.4 is 5.32 Å². The lowest BCUT2D eigenvalue weighted by Gasteiger charge is -2.19. The fourth-order valence-electron chi connectivity index (χ4n) is 1.23. The van der Waals surface area contributed by atoms with Crippen LogP contribution in [0.2, 0.25) is 0 Å². The molecule has 1 radical (unpaired) electrons. The van der Waals surface area contributed by atoms with E-state index in [0.717, 1.165) is 0 Å². The molecule has 1 rings (SSSR count). The second kappa shape index (κ2) is 3.08. The molecule has 47 valence electrons. The van der Waals surface area contributed by atoms with Gasteiger partial charge in [0, 0.05) is 6.04 Å². The molecular formula is C7H14N. The van der Waals surface area contributed by atoms with Gasteiger partial charge in [-0.05, 0) is 19.9 Å². The van der Waals surface area contributed by atoms with Gasteiger partial charge in [-0.15, -0.1) is 0 Å². The van der Waals surface area contributed by atoms with E-state index in [4.69, 9.17) is 0 Å². The fourth-order valence-corrected chi connectivity index (χ4v) is 1.23. The molecule has 1 aliphatic carbocycles. The van der Waals surface area contributed by atoms with E-state index < -0.39 is 0 Å². The maximum atomic E-state index is 3.22. The summed E-state index contributed by atoms with van der Waals surface area (Å²) in [5.74, 6) is 0. The first kappa shape index (κ1) is 6.09. The van der Waals surface area contributed by atoms with Gasteiger partial charge in [0.1, 0.15) is 0 Å². The maximum Gasteiger partial charge on any atom is 0.0361 e. The second-order valence-electron chi connectivity index (χ2n) is 2.41. The molecule has 0 amide bonds. The van der Waals surface area contributed by atoms with Crippen LogP contribution in [0.5, 0.6) is 0 Å². The minimum absolute atomic E-state index is 1.32. The minimum atomic E-state index is 1.32. The Labute approximate surface area is 51.5 Å². The highest BCUT2D eigenvalue weighted by molar-refractivity contribution is 4.87. The predicted octanol–water partition coefficient (Wildman–Crippen LogP) is 1.70. The van der Waals surface area contributed by atoms with Crippen molar-refractivity contribution in [3.05, 3.63) is 6.04 Å². The number of hydrogen-bond acceptors (Lipinski definition) is 1. The zero-order valence-electron chi connectivity index (χ0n) is 5.54. The lowest BCUT2D eigenvalue weighted by molar-refractivity contribution is 0.493. The molecule has 1 heteroatoms. The average molecular weight is 112 g/mol. The zero-order valence-corrected chi connectivity index (χ0v) is 5.54. The largest absolute Gasteiger partial charge is 0.313 e. The summed E-state index contributed by atoms with van der Waals surface area (Å²) in [7, 11) is 2.03. The van der Waals surface area contributed by atoms with Crippen LogP contribution in [0.1, 0.15) is 32.1 Å². The first-order chi connectivity index (χ1) is 3.93. The van der Waals surface area contributed by atoms with Crippen LogP contribution in [-0.2, 0) is 0 Å². The van der Waals surface area contributed by atoms with Crippen LogP contribution in [0, 0.1) is 6.04 Å². The Morgan fingerprint density at radius 2 is 1.75 bits per heavy atom. The van der Waals surface area contributed by atoms with Crippen molar-refractivity contribution in [1.82, 2.24) is 5.32 Å². The smallest absolute Gasteiger partial charge is 0.0361 e. The molecule has 0 saturated heterocycles. The second-order valence-corrected chi connectivity index (χ2v) is 2.41. The third-order valence-electron chi connectivity index (χ3n) is 1.81. The van der Waals surface area contributed by atoms with Crippen LogP contribution in [0.25, 0.3) is 0 Å². The lowest BCUT2D eigenvalue weighted by Crippen LogP contribution is -2.18. The molecule has 0 aromatic heterocycles. The summed E-state index contributed by atoms with van der Waals surface area (Å²) in [6, 6.07) is 1.55. The Hall–Kier alpha value is -0.0400. The summed E-state index contributed by atoms with van der Waals surface area (Å²) in [6.07, 6.45) is 6.87. The van der Waals surface area contributed by atoms with Gasteiger partial charge in [0.2, 0.25) is 0 Å². The van der Waals surface area contributed by atoms with Gasteiger partial charge in [0.25, 0.3) is 0 Å². The van der Waals surface area contributed by atoms with Crippen LogP contribution in [-0.4, -0.2) is 7.05 Å². The van der Waals surface area contributed by atoms with Crippen LogP contribution in [0.3, 0.4) is 0 Å². The molecule has 1 fully saturated rings. The van der Waals surface area contributed by atoms with Crippen LogP contribution >= 0.6 is 0 Å². The Kier molecular flexibility index (Phi) is 2.34. The first-order valence-electron chi connectivity index (χ1n) is 3.46. The Balaban J connectivity index is 2.13. The van der Waals surface area contributed by atoms with Gasteiger partial charge in [-0.1, -0.05) is 19.3 Å². The Bertz CT molecular complexity index is 55.4. The standard InChI is InChI=1S/C7H14N/c1-8-7-5-3-2-4-6-7/h8H,2-6H2,1H3. The van der Waals surface area contributed by atoms with E-state index in [9.17, 15) is 0 Å². The Morgan fingerprint density at radius 3 is 2.12 bits per heavy atom. The highest BCUT2D eigenvalue weighted by Gasteiger charge is 2.10. The maximum absolute atomic E-state index is 3.22. The molecule has 0 bridgehead atoms. The third kappa shape index (κ3) is 1.48. The van der Waals surface area contributed by atoms with E-state index in [1.807, 2.05) is 7.05 Å². The van der Waals surface area contributed by atoms with E-state index in [1.165, 1.54) is 32.1 Å². The lowest BCUT2D eigenvalue weighted by atomic mass is 9.96. The predicted molar refractivity (Wildman–Crippen MR) is 35.4 cm³/mol. The summed E-state index contributed by atoms with van der Waals surface area (Å²) in [6.45, 7) is 0. The topological polar surface area (TPSA) is 12.0 Å². The highest BCUT2D eigenvalue weighted by Crippen LogP contribution is 2.21. The van der Waals surface area contributed by atoms with Crippen LogP contribution in [0.4, 0.5) is 0 Å². The SMILES string of the molecule is CN[C]1CCCCC1. The van der Waals surface area contributed by atoms with E-state index in [0.29, 0.717) is 0 Å². The number of rotatable bonds is 1. The summed E-state index contributed by atoms with van der Waals surface area (Å²) in [5, 5.41) is 3.22. The molecule has 1 aliphatic rings. The van der Waals surface area contributed by atoms with Gasteiger partial charge < -0.3 is 5.32 Å². The molecule has 0 unspecified atom stereocenters. The molecule has 0 spiro atoms. The van der Waals surface area contributed by atoms with E-state index in [1.54, 1.807) is 6.04 Å². The fraction of sp³-hybridized carbons (Fsp3) is 0.857. The molecule has 0 atom stereocenters. The normalized spacial score (nSPS) is 23.6. The van der Waals surface area contributed by atoms with E-state index in [-0.39, 0.29) is 0 Å². The quantitative estimate of drug-likeness (QED) is 0.544. The van der Waals surface area contributed by atoms with Gasteiger partial charge >= 0.3 is 0 Å². The van der Waals surface area contributed by atoms with Crippen molar-refractivity contribution < 1.29 is 0 Å². The van der Waals surface area contributed by atoms with Crippen molar-refractivity contribution in [2.75, 3.05) is 7.05 Å². The summed E-state index contributed by atoms with van der Waals surface area (Å²) < 4.78 is 0. The number of hydrogen-bond donors (Lipinski definition) is 1. The molecule has 1 nitrogen and oxygen atoms in total. The van der Waals surface area contributed by atoms with Crippen molar-refractivity contribution in [3.63, 3.8) is 0 Å². The highest BCUT2D eigenvalue weighted by atomic mass is 14.9. The average Bonchev–Trinajstić information content (AvgIpc) is 1.90. The van der Waals surface area contributed by atoms with Crippen molar-refractivity contribution in [2.45, 2.75) is 32.1 Å².